The number of imidazole rings is 1. The molecule has 0 saturated carbocycles. The van der Waals surface area contributed by atoms with Gasteiger partial charge in [-0.05, 0) is 23.6 Å². The molecule has 21 heavy (non-hydrogen) atoms. The first-order valence-corrected chi connectivity index (χ1v) is 8.01. The van der Waals surface area contributed by atoms with Crippen molar-refractivity contribution in [2.24, 2.45) is 0 Å². The highest BCUT2D eigenvalue weighted by atomic mass is 32.2. The SMILES string of the molecule is COc1ccc(C(C)C)cc1-c1nc2n(c1C=O)CCS2. The molecule has 0 spiro atoms. The molecule has 0 amide bonds. The summed E-state index contributed by atoms with van der Waals surface area (Å²) in [6.07, 6.45) is 0.902. The Morgan fingerprint density at radius 2 is 2.24 bits per heavy atom. The van der Waals surface area contributed by atoms with Crippen LogP contribution in [0.2, 0.25) is 0 Å². The Kier molecular flexibility index (Phi) is 3.76. The van der Waals surface area contributed by atoms with Crippen LogP contribution in [0.15, 0.2) is 23.4 Å². The molecular weight excluding hydrogens is 284 g/mol. The molecule has 5 heteroatoms. The van der Waals surface area contributed by atoms with Crippen molar-refractivity contribution in [1.29, 1.82) is 0 Å². The van der Waals surface area contributed by atoms with Gasteiger partial charge in [0.1, 0.15) is 17.1 Å². The van der Waals surface area contributed by atoms with Gasteiger partial charge in [-0.15, -0.1) is 0 Å². The Hall–Kier alpha value is -1.75. The Labute approximate surface area is 128 Å². The van der Waals surface area contributed by atoms with Crippen molar-refractivity contribution < 1.29 is 9.53 Å². The summed E-state index contributed by atoms with van der Waals surface area (Å²) in [6.45, 7) is 5.14. The molecule has 0 aliphatic carbocycles. The van der Waals surface area contributed by atoms with Crippen LogP contribution in [0.3, 0.4) is 0 Å². The number of ether oxygens (including phenoxy) is 1. The minimum Gasteiger partial charge on any atom is -0.496 e. The van der Waals surface area contributed by atoms with Crippen LogP contribution in [0.25, 0.3) is 11.3 Å². The van der Waals surface area contributed by atoms with Crippen LogP contribution >= 0.6 is 11.8 Å². The van der Waals surface area contributed by atoms with Crippen LogP contribution in [0.5, 0.6) is 5.75 Å². The lowest BCUT2D eigenvalue weighted by Crippen LogP contribution is -2.01. The van der Waals surface area contributed by atoms with Crippen molar-refractivity contribution in [2.45, 2.75) is 31.5 Å². The van der Waals surface area contributed by atoms with Crippen molar-refractivity contribution in [2.75, 3.05) is 12.9 Å². The normalized spacial score (nSPS) is 13.5. The van der Waals surface area contributed by atoms with E-state index in [0.29, 0.717) is 11.6 Å². The number of aldehydes is 1. The molecule has 1 aliphatic rings. The fourth-order valence-corrected chi connectivity index (χ4v) is 3.54. The summed E-state index contributed by atoms with van der Waals surface area (Å²) in [6, 6.07) is 6.10. The molecule has 0 atom stereocenters. The van der Waals surface area contributed by atoms with E-state index in [0.717, 1.165) is 40.7 Å². The molecule has 0 N–H and O–H groups in total. The molecule has 1 aliphatic heterocycles. The lowest BCUT2D eigenvalue weighted by atomic mass is 9.98. The zero-order valence-electron chi connectivity index (χ0n) is 12.4. The molecule has 110 valence electrons. The summed E-state index contributed by atoms with van der Waals surface area (Å²) in [5, 5.41) is 0.920. The largest absolute Gasteiger partial charge is 0.496 e. The number of rotatable bonds is 4. The zero-order chi connectivity index (χ0) is 15.0. The zero-order valence-corrected chi connectivity index (χ0v) is 13.2. The van der Waals surface area contributed by atoms with Gasteiger partial charge in [0.15, 0.2) is 11.4 Å². The van der Waals surface area contributed by atoms with Gasteiger partial charge in [0.05, 0.1) is 7.11 Å². The summed E-state index contributed by atoms with van der Waals surface area (Å²) in [4.78, 5) is 16.2. The maximum absolute atomic E-state index is 11.5. The third-order valence-corrected chi connectivity index (χ3v) is 4.73. The number of fused-ring (bicyclic) bond motifs is 1. The van der Waals surface area contributed by atoms with Crippen LogP contribution < -0.4 is 4.74 Å². The van der Waals surface area contributed by atoms with Gasteiger partial charge in [0.2, 0.25) is 0 Å². The maximum Gasteiger partial charge on any atom is 0.169 e. The maximum atomic E-state index is 11.5. The van der Waals surface area contributed by atoms with Gasteiger partial charge in [0.25, 0.3) is 0 Å². The Bertz CT molecular complexity index is 692. The first-order chi connectivity index (χ1) is 10.2. The van der Waals surface area contributed by atoms with Crippen LogP contribution in [0.1, 0.15) is 35.8 Å². The Morgan fingerprint density at radius 1 is 1.43 bits per heavy atom. The summed E-state index contributed by atoms with van der Waals surface area (Å²) >= 11 is 1.69. The number of thioether (sulfide) groups is 1. The molecule has 2 aromatic rings. The highest BCUT2D eigenvalue weighted by Gasteiger charge is 2.24. The second-order valence-corrected chi connectivity index (χ2v) is 6.42. The van der Waals surface area contributed by atoms with Crippen LogP contribution in [-0.2, 0) is 6.54 Å². The molecule has 4 nitrogen and oxygen atoms in total. The fourth-order valence-electron chi connectivity index (χ4n) is 2.59. The number of benzene rings is 1. The molecule has 0 bridgehead atoms. The number of carbonyl (C=O) groups is 1. The first kappa shape index (κ1) is 14.2. The highest BCUT2D eigenvalue weighted by Crippen LogP contribution is 2.37. The number of nitrogens with zero attached hydrogens (tertiary/aromatic N) is 2. The van der Waals surface area contributed by atoms with Crippen molar-refractivity contribution in [3.63, 3.8) is 0 Å². The third-order valence-electron chi connectivity index (χ3n) is 3.77. The molecule has 0 unspecified atom stereocenters. The van der Waals surface area contributed by atoms with Crippen molar-refractivity contribution in [3.05, 3.63) is 29.5 Å². The smallest absolute Gasteiger partial charge is 0.169 e. The monoisotopic (exact) mass is 302 g/mol. The van der Waals surface area contributed by atoms with E-state index in [1.807, 2.05) is 10.6 Å². The van der Waals surface area contributed by atoms with E-state index in [2.05, 4.69) is 31.0 Å². The van der Waals surface area contributed by atoms with Gasteiger partial charge >= 0.3 is 0 Å². The molecule has 0 fully saturated rings. The van der Waals surface area contributed by atoms with Crippen LogP contribution in [-0.4, -0.2) is 28.7 Å². The highest BCUT2D eigenvalue weighted by molar-refractivity contribution is 7.99. The molecule has 1 aromatic heterocycles. The van der Waals surface area contributed by atoms with Crippen molar-refractivity contribution in [1.82, 2.24) is 9.55 Å². The molecule has 0 radical (unpaired) electrons. The minimum absolute atomic E-state index is 0.415. The van der Waals surface area contributed by atoms with E-state index in [1.54, 1.807) is 18.9 Å². The van der Waals surface area contributed by atoms with Gasteiger partial charge < -0.3 is 9.30 Å². The lowest BCUT2D eigenvalue weighted by Gasteiger charge is -2.12. The average molecular weight is 302 g/mol. The fraction of sp³-hybridized carbons (Fsp3) is 0.375. The molecule has 2 heterocycles. The van der Waals surface area contributed by atoms with E-state index in [-0.39, 0.29) is 0 Å². The van der Waals surface area contributed by atoms with E-state index in [4.69, 9.17) is 4.74 Å². The van der Waals surface area contributed by atoms with Crippen LogP contribution in [0, 0.1) is 0 Å². The summed E-state index contributed by atoms with van der Waals surface area (Å²) in [7, 11) is 1.65. The van der Waals surface area contributed by atoms with E-state index < -0.39 is 0 Å². The first-order valence-electron chi connectivity index (χ1n) is 7.02. The van der Waals surface area contributed by atoms with Gasteiger partial charge in [-0.1, -0.05) is 31.7 Å². The Morgan fingerprint density at radius 3 is 2.90 bits per heavy atom. The number of carbonyl (C=O) groups excluding carboxylic acids is 1. The lowest BCUT2D eigenvalue weighted by molar-refractivity contribution is 0.111. The van der Waals surface area contributed by atoms with E-state index >= 15 is 0 Å². The molecular formula is C16H18N2O2S. The van der Waals surface area contributed by atoms with E-state index in [1.165, 1.54) is 5.56 Å². The van der Waals surface area contributed by atoms with Gasteiger partial charge in [-0.25, -0.2) is 4.98 Å². The predicted molar refractivity (Wildman–Crippen MR) is 84.4 cm³/mol. The van der Waals surface area contributed by atoms with E-state index in [9.17, 15) is 4.79 Å². The summed E-state index contributed by atoms with van der Waals surface area (Å²) in [5.74, 6) is 2.15. The summed E-state index contributed by atoms with van der Waals surface area (Å²) < 4.78 is 7.46. The topological polar surface area (TPSA) is 44.1 Å². The quantitative estimate of drug-likeness (QED) is 0.809. The predicted octanol–water partition coefficient (Wildman–Crippen LogP) is 3.60. The summed E-state index contributed by atoms with van der Waals surface area (Å²) in [5.41, 5.74) is 3.48. The molecule has 0 saturated heterocycles. The minimum atomic E-state index is 0.415. The van der Waals surface area contributed by atoms with Crippen LogP contribution in [0.4, 0.5) is 0 Å². The number of hydrogen-bond donors (Lipinski definition) is 0. The van der Waals surface area contributed by atoms with Crippen molar-refractivity contribution >= 4 is 18.0 Å². The second-order valence-electron chi connectivity index (χ2n) is 5.36. The number of hydrogen-bond acceptors (Lipinski definition) is 4. The van der Waals surface area contributed by atoms with Gasteiger partial charge in [-0.2, -0.15) is 0 Å². The van der Waals surface area contributed by atoms with Crippen molar-refractivity contribution in [3.8, 4) is 17.0 Å². The number of methoxy groups -OCH3 is 1. The Balaban J connectivity index is 2.20. The standard InChI is InChI=1S/C16H18N2O2S/c1-10(2)11-4-5-14(20-3)12(8-11)15-13(9-19)18-6-7-21-16(18)17-15/h4-5,8-10H,6-7H2,1-3H3. The second kappa shape index (κ2) is 5.56. The average Bonchev–Trinajstić information content (AvgIpc) is 3.06. The van der Waals surface area contributed by atoms with Gasteiger partial charge in [-0.3, -0.25) is 4.79 Å². The van der Waals surface area contributed by atoms with Gasteiger partial charge in [0, 0.05) is 17.9 Å². The molecule has 3 rings (SSSR count). The molecule has 1 aromatic carbocycles. The third kappa shape index (κ3) is 2.35. The number of aromatic nitrogens is 2.